The van der Waals surface area contributed by atoms with E-state index < -0.39 is 0 Å². The Morgan fingerprint density at radius 1 is 1.16 bits per heavy atom. The number of carbonyl (C=O) groups is 1. The summed E-state index contributed by atoms with van der Waals surface area (Å²) in [6, 6.07) is 15.3. The lowest BCUT2D eigenvalue weighted by atomic mass is 10.0. The Bertz CT molecular complexity index is 1160. The van der Waals surface area contributed by atoms with Gasteiger partial charge in [0.2, 0.25) is 11.9 Å². The molecule has 1 aliphatic rings. The minimum atomic E-state index is -0.244. The van der Waals surface area contributed by atoms with Gasteiger partial charge < -0.3 is 20.1 Å². The van der Waals surface area contributed by atoms with Crippen LogP contribution in [0, 0.1) is 0 Å². The zero-order valence-corrected chi connectivity index (χ0v) is 17.8. The molecular formula is C25H24N4O3. The van der Waals surface area contributed by atoms with Crippen LogP contribution in [0.15, 0.2) is 73.5 Å². The van der Waals surface area contributed by atoms with Crippen molar-refractivity contribution in [3.63, 3.8) is 0 Å². The lowest BCUT2D eigenvalue weighted by Gasteiger charge is -2.11. The summed E-state index contributed by atoms with van der Waals surface area (Å²) in [6.45, 7) is 4.54. The average Bonchev–Trinajstić information content (AvgIpc) is 3.24. The van der Waals surface area contributed by atoms with E-state index in [0.717, 1.165) is 40.3 Å². The Kier molecular flexibility index (Phi) is 6.57. The number of aromatic nitrogens is 2. The molecule has 1 heterocycles. The minimum Gasteiger partial charge on any atom is -0.491 e. The first kappa shape index (κ1) is 21.3. The summed E-state index contributed by atoms with van der Waals surface area (Å²) >= 11 is 0. The van der Waals surface area contributed by atoms with Crippen LogP contribution in [0.2, 0.25) is 0 Å². The van der Waals surface area contributed by atoms with Crippen LogP contribution in [-0.2, 0) is 16.0 Å². The van der Waals surface area contributed by atoms with Crippen molar-refractivity contribution in [2.75, 3.05) is 31.0 Å². The van der Waals surface area contributed by atoms with Gasteiger partial charge in [-0.25, -0.2) is 9.97 Å². The van der Waals surface area contributed by atoms with Crippen molar-refractivity contribution in [2.24, 2.45) is 0 Å². The van der Waals surface area contributed by atoms with Gasteiger partial charge in [-0.1, -0.05) is 24.8 Å². The summed E-state index contributed by atoms with van der Waals surface area (Å²) in [5, 5.41) is 6.04. The lowest BCUT2D eigenvalue weighted by Crippen LogP contribution is -2.07. The second kappa shape index (κ2) is 9.89. The molecule has 7 nitrogen and oxygen atoms in total. The van der Waals surface area contributed by atoms with Crippen molar-refractivity contribution in [3.8, 4) is 5.75 Å². The molecule has 0 saturated heterocycles. The maximum atomic E-state index is 11.6. The monoisotopic (exact) mass is 428 g/mol. The van der Waals surface area contributed by atoms with Crippen molar-refractivity contribution in [1.82, 2.24) is 9.97 Å². The van der Waals surface area contributed by atoms with Gasteiger partial charge in [0.05, 0.1) is 12.3 Å². The highest BCUT2D eigenvalue weighted by Gasteiger charge is 2.19. The Hall–Kier alpha value is -3.97. The Balaban J connectivity index is 1.50. The first-order chi connectivity index (χ1) is 15.7. The molecule has 0 radical (unpaired) electrons. The molecule has 0 saturated carbocycles. The standard InChI is InChI=1S/C25H24N4O3/c1-3-23(30)27-20-6-4-5-17(15-20)22-12-7-18-16-26-25(29-24(18)22)28-19-8-10-21(11-9-19)32-14-13-31-2/h3-6,8-12,15-16H,1,7,13-14H2,2H3,(H,27,30)(H,26,28,29). The van der Waals surface area contributed by atoms with Crippen molar-refractivity contribution in [2.45, 2.75) is 6.42 Å². The molecule has 2 aromatic carbocycles. The first-order valence-electron chi connectivity index (χ1n) is 10.3. The summed E-state index contributed by atoms with van der Waals surface area (Å²) in [7, 11) is 1.64. The van der Waals surface area contributed by atoms with E-state index in [1.807, 2.05) is 54.7 Å². The van der Waals surface area contributed by atoms with Gasteiger partial charge in [-0.15, -0.1) is 0 Å². The fourth-order valence-electron chi connectivity index (χ4n) is 3.38. The van der Waals surface area contributed by atoms with Gasteiger partial charge in [0.25, 0.3) is 0 Å². The van der Waals surface area contributed by atoms with Crippen molar-refractivity contribution < 1.29 is 14.3 Å². The normalized spacial score (nSPS) is 12.0. The van der Waals surface area contributed by atoms with E-state index in [2.05, 4.69) is 28.3 Å². The SMILES string of the molecule is C=CC(=O)Nc1cccc(C2=CCc3cnc(Nc4ccc(OCCOC)cc4)nc32)c1. The molecule has 4 rings (SSSR count). The van der Waals surface area contributed by atoms with Crippen molar-refractivity contribution in [3.05, 3.63) is 90.3 Å². The van der Waals surface area contributed by atoms with Crippen molar-refractivity contribution in [1.29, 1.82) is 0 Å². The number of fused-ring (bicyclic) bond motifs is 1. The molecule has 0 atom stereocenters. The zero-order chi connectivity index (χ0) is 22.3. The molecule has 0 fully saturated rings. The Labute approximate surface area is 186 Å². The quantitative estimate of drug-likeness (QED) is 0.389. The third-order valence-corrected chi connectivity index (χ3v) is 4.94. The first-order valence-corrected chi connectivity index (χ1v) is 10.3. The van der Waals surface area contributed by atoms with Crippen LogP contribution in [0.4, 0.5) is 17.3 Å². The van der Waals surface area contributed by atoms with Gasteiger partial charge in [0.15, 0.2) is 0 Å². The number of ether oxygens (including phenoxy) is 2. The molecule has 32 heavy (non-hydrogen) atoms. The van der Waals surface area contributed by atoms with Gasteiger partial charge in [-0.2, -0.15) is 0 Å². The highest BCUT2D eigenvalue weighted by atomic mass is 16.5. The molecule has 1 aromatic heterocycles. The predicted octanol–water partition coefficient (Wildman–Crippen LogP) is 4.36. The van der Waals surface area contributed by atoms with Crippen molar-refractivity contribution >= 4 is 28.8 Å². The Morgan fingerprint density at radius 2 is 2.00 bits per heavy atom. The number of amides is 1. The number of benzene rings is 2. The van der Waals surface area contributed by atoms with Crippen LogP contribution in [0.3, 0.4) is 0 Å². The highest BCUT2D eigenvalue weighted by molar-refractivity contribution is 5.99. The molecule has 0 aliphatic heterocycles. The molecule has 1 amide bonds. The number of hydrogen-bond acceptors (Lipinski definition) is 6. The van der Waals surface area contributed by atoms with Crippen LogP contribution in [-0.4, -0.2) is 36.2 Å². The summed E-state index contributed by atoms with van der Waals surface area (Å²) in [5.74, 6) is 1.05. The summed E-state index contributed by atoms with van der Waals surface area (Å²) in [6.07, 6.45) is 5.99. The van der Waals surface area contributed by atoms with Gasteiger partial charge in [-0.05, 0) is 54.5 Å². The molecular weight excluding hydrogens is 404 g/mol. The smallest absolute Gasteiger partial charge is 0.247 e. The van der Waals surface area contributed by atoms with E-state index in [9.17, 15) is 4.79 Å². The van der Waals surface area contributed by atoms with Crippen LogP contribution < -0.4 is 15.4 Å². The number of carbonyl (C=O) groups excluding carboxylic acids is 1. The second-order valence-corrected chi connectivity index (χ2v) is 7.15. The second-order valence-electron chi connectivity index (χ2n) is 7.15. The number of nitrogens with zero attached hydrogens (tertiary/aromatic N) is 2. The van der Waals surface area contributed by atoms with E-state index in [-0.39, 0.29) is 5.91 Å². The summed E-state index contributed by atoms with van der Waals surface area (Å²) < 4.78 is 10.6. The van der Waals surface area contributed by atoms with E-state index in [4.69, 9.17) is 14.5 Å². The fraction of sp³-hybridized carbons (Fsp3) is 0.160. The zero-order valence-electron chi connectivity index (χ0n) is 17.8. The van der Waals surface area contributed by atoms with Crippen LogP contribution in [0.5, 0.6) is 5.75 Å². The molecule has 0 bridgehead atoms. The average molecular weight is 428 g/mol. The largest absolute Gasteiger partial charge is 0.491 e. The summed E-state index contributed by atoms with van der Waals surface area (Å²) in [4.78, 5) is 20.8. The molecule has 1 aliphatic carbocycles. The molecule has 2 N–H and O–H groups in total. The number of methoxy groups -OCH3 is 1. The van der Waals surface area contributed by atoms with E-state index in [1.54, 1.807) is 7.11 Å². The Morgan fingerprint density at radius 3 is 2.78 bits per heavy atom. The van der Waals surface area contributed by atoms with E-state index in [1.165, 1.54) is 6.08 Å². The maximum absolute atomic E-state index is 11.6. The van der Waals surface area contributed by atoms with Gasteiger partial charge >= 0.3 is 0 Å². The highest BCUT2D eigenvalue weighted by Crippen LogP contribution is 2.33. The van der Waals surface area contributed by atoms with Crippen LogP contribution in [0.25, 0.3) is 5.57 Å². The minimum absolute atomic E-state index is 0.244. The summed E-state index contributed by atoms with van der Waals surface area (Å²) in [5.41, 5.74) is 5.51. The number of allylic oxidation sites excluding steroid dienone is 1. The molecule has 7 heteroatoms. The van der Waals surface area contributed by atoms with E-state index >= 15 is 0 Å². The number of anilines is 3. The molecule has 162 valence electrons. The lowest BCUT2D eigenvalue weighted by molar-refractivity contribution is -0.111. The molecule has 0 spiro atoms. The number of hydrogen-bond donors (Lipinski definition) is 2. The van der Waals surface area contributed by atoms with Gasteiger partial charge in [0, 0.05) is 35.8 Å². The number of rotatable bonds is 9. The van der Waals surface area contributed by atoms with Crippen LogP contribution in [0.1, 0.15) is 16.8 Å². The van der Waals surface area contributed by atoms with Gasteiger partial charge in [0.1, 0.15) is 12.4 Å². The maximum Gasteiger partial charge on any atom is 0.247 e. The predicted molar refractivity (Wildman–Crippen MR) is 125 cm³/mol. The number of nitrogens with one attached hydrogen (secondary N) is 2. The fourth-order valence-corrected chi connectivity index (χ4v) is 3.38. The topological polar surface area (TPSA) is 85.4 Å². The molecule has 0 unspecified atom stereocenters. The van der Waals surface area contributed by atoms with E-state index in [0.29, 0.717) is 24.8 Å². The molecule has 3 aromatic rings. The third kappa shape index (κ3) is 5.01. The van der Waals surface area contributed by atoms with Crippen LogP contribution >= 0.6 is 0 Å². The third-order valence-electron chi connectivity index (χ3n) is 4.94. The van der Waals surface area contributed by atoms with Gasteiger partial charge in [-0.3, -0.25) is 4.79 Å².